The van der Waals surface area contributed by atoms with Gasteiger partial charge in [0.2, 0.25) is 0 Å². The number of nitrogens with zero attached hydrogens (tertiary/aromatic N) is 1. The van der Waals surface area contributed by atoms with Gasteiger partial charge in [0.05, 0.1) is 0 Å². The molecule has 9 heavy (non-hydrogen) atoms. The number of rotatable bonds is 0. The van der Waals surface area contributed by atoms with Crippen LogP contribution >= 0.6 is 0 Å². The van der Waals surface area contributed by atoms with Crippen molar-refractivity contribution in [2.24, 2.45) is 0 Å². The first-order valence-corrected chi connectivity index (χ1v) is 3.06. The Kier molecular flexibility index (Phi) is 4.50. The average molecular weight is 124 g/mol. The first-order chi connectivity index (χ1) is 4.39. The standard InChI is InChI=1S/C5H6N2.C2H6/c6-5-3-1-2-4-7-5;1-2/h1-4H,(H2,6,7);1-2H3. The van der Waals surface area contributed by atoms with Gasteiger partial charge in [0.25, 0.3) is 0 Å². The number of hydrogen-bond acceptors (Lipinski definition) is 2. The molecule has 0 saturated carbocycles. The summed E-state index contributed by atoms with van der Waals surface area (Å²) in [5, 5.41) is 0. The minimum atomic E-state index is 0.572. The molecule has 1 aromatic rings. The van der Waals surface area contributed by atoms with E-state index in [9.17, 15) is 0 Å². The average Bonchev–Trinajstić information content (AvgIpc) is 1.94. The van der Waals surface area contributed by atoms with Gasteiger partial charge < -0.3 is 5.73 Å². The van der Waals surface area contributed by atoms with Crippen LogP contribution in [-0.2, 0) is 0 Å². The Morgan fingerprint density at radius 1 is 1.33 bits per heavy atom. The van der Waals surface area contributed by atoms with Crippen LogP contribution in [0.5, 0.6) is 0 Å². The SMILES string of the molecule is CC.Nc1ccccn1. The normalized spacial score (nSPS) is 7.33. The highest BCUT2D eigenvalue weighted by Gasteiger charge is 1.73. The first kappa shape index (κ1) is 7.95. The van der Waals surface area contributed by atoms with Crippen molar-refractivity contribution in [3.8, 4) is 0 Å². The van der Waals surface area contributed by atoms with E-state index < -0.39 is 0 Å². The van der Waals surface area contributed by atoms with Crippen LogP contribution in [0.25, 0.3) is 0 Å². The van der Waals surface area contributed by atoms with Crippen LogP contribution in [0, 0.1) is 0 Å². The summed E-state index contributed by atoms with van der Waals surface area (Å²) < 4.78 is 0. The largest absolute Gasteiger partial charge is 0.384 e. The zero-order valence-electron chi connectivity index (χ0n) is 5.83. The van der Waals surface area contributed by atoms with Crippen LogP contribution in [0.3, 0.4) is 0 Å². The van der Waals surface area contributed by atoms with Crippen molar-refractivity contribution in [3.63, 3.8) is 0 Å². The molecule has 0 amide bonds. The molecule has 2 N–H and O–H groups in total. The van der Waals surface area contributed by atoms with Gasteiger partial charge in [-0.2, -0.15) is 0 Å². The molecule has 0 aliphatic rings. The lowest BCUT2D eigenvalue weighted by atomic mass is 10.5. The minimum Gasteiger partial charge on any atom is -0.384 e. The first-order valence-electron chi connectivity index (χ1n) is 3.06. The highest BCUT2D eigenvalue weighted by Crippen LogP contribution is 1.89. The van der Waals surface area contributed by atoms with E-state index in [1.165, 1.54) is 0 Å². The van der Waals surface area contributed by atoms with Crippen LogP contribution in [0.4, 0.5) is 5.82 Å². The van der Waals surface area contributed by atoms with Crippen molar-refractivity contribution in [3.05, 3.63) is 24.4 Å². The van der Waals surface area contributed by atoms with Gasteiger partial charge >= 0.3 is 0 Å². The number of pyridine rings is 1. The number of nitrogens with two attached hydrogens (primary N) is 1. The Bertz CT molecular complexity index is 137. The Morgan fingerprint density at radius 2 is 2.00 bits per heavy atom. The van der Waals surface area contributed by atoms with Crippen molar-refractivity contribution in [1.82, 2.24) is 4.98 Å². The summed E-state index contributed by atoms with van der Waals surface area (Å²) in [5.74, 6) is 0.572. The van der Waals surface area contributed by atoms with E-state index in [4.69, 9.17) is 5.73 Å². The molecule has 0 atom stereocenters. The zero-order chi connectivity index (χ0) is 7.11. The molecule has 0 radical (unpaired) electrons. The molecule has 1 heterocycles. The Labute approximate surface area is 55.7 Å². The molecular formula is C7H12N2. The van der Waals surface area contributed by atoms with Gasteiger partial charge in [-0.05, 0) is 12.1 Å². The lowest BCUT2D eigenvalue weighted by Gasteiger charge is -1.82. The van der Waals surface area contributed by atoms with Crippen molar-refractivity contribution in [2.75, 3.05) is 5.73 Å². The molecule has 0 spiro atoms. The van der Waals surface area contributed by atoms with E-state index in [0.717, 1.165) is 0 Å². The molecule has 0 fully saturated rings. The van der Waals surface area contributed by atoms with Gasteiger partial charge in [-0.3, -0.25) is 0 Å². The van der Waals surface area contributed by atoms with Crippen molar-refractivity contribution in [1.29, 1.82) is 0 Å². The molecular weight excluding hydrogens is 112 g/mol. The van der Waals surface area contributed by atoms with E-state index in [1.807, 2.05) is 26.0 Å². The van der Waals surface area contributed by atoms with E-state index in [0.29, 0.717) is 5.82 Å². The summed E-state index contributed by atoms with van der Waals surface area (Å²) in [7, 11) is 0. The third kappa shape index (κ3) is 3.53. The Balaban J connectivity index is 0.000000291. The summed E-state index contributed by atoms with van der Waals surface area (Å²) >= 11 is 0. The van der Waals surface area contributed by atoms with Crippen LogP contribution < -0.4 is 5.73 Å². The van der Waals surface area contributed by atoms with Gasteiger partial charge in [-0.25, -0.2) is 4.98 Å². The van der Waals surface area contributed by atoms with Crippen molar-refractivity contribution in [2.45, 2.75) is 13.8 Å². The zero-order valence-corrected chi connectivity index (χ0v) is 5.83. The molecule has 1 rings (SSSR count). The fraction of sp³-hybridized carbons (Fsp3) is 0.286. The monoisotopic (exact) mass is 124 g/mol. The predicted octanol–water partition coefficient (Wildman–Crippen LogP) is 1.69. The fourth-order valence-corrected chi connectivity index (χ4v) is 0.376. The number of nitrogen functional groups attached to an aromatic ring is 1. The molecule has 0 aliphatic carbocycles. The summed E-state index contributed by atoms with van der Waals surface area (Å²) in [6.45, 7) is 4.00. The second-order valence-electron chi connectivity index (χ2n) is 1.25. The quantitative estimate of drug-likeness (QED) is 0.571. The van der Waals surface area contributed by atoms with Gasteiger partial charge in [0.1, 0.15) is 5.82 Å². The lowest BCUT2D eigenvalue weighted by molar-refractivity contribution is 1.34. The summed E-state index contributed by atoms with van der Waals surface area (Å²) in [6.07, 6.45) is 1.66. The second-order valence-corrected chi connectivity index (χ2v) is 1.25. The molecule has 2 nitrogen and oxygen atoms in total. The number of aromatic nitrogens is 1. The smallest absolute Gasteiger partial charge is 0.123 e. The van der Waals surface area contributed by atoms with Crippen molar-refractivity contribution >= 4 is 5.82 Å². The molecule has 0 unspecified atom stereocenters. The fourth-order valence-electron chi connectivity index (χ4n) is 0.376. The lowest BCUT2D eigenvalue weighted by Crippen LogP contribution is -1.85. The molecule has 0 aliphatic heterocycles. The summed E-state index contributed by atoms with van der Waals surface area (Å²) in [5.41, 5.74) is 5.25. The summed E-state index contributed by atoms with van der Waals surface area (Å²) in [4.78, 5) is 3.76. The maximum atomic E-state index is 5.25. The maximum absolute atomic E-state index is 5.25. The van der Waals surface area contributed by atoms with E-state index >= 15 is 0 Å². The number of hydrogen-bond donors (Lipinski definition) is 1. The van der Waals surface area contributed by atoms with Crippen LogP contribution in [0.15, 0.2) is 24.4 Å². The van der Waals surface area contributed by atoms with Gasteiger partial charge in [-0.1, -0.05) is 19.9 Å². The van der Waals surface area contributed by atoms with E-state index in [-0.39, 0.29) is 0 Å². The van der Waals surface area contributed by atoms with E-state index in [1.54, 1.807) is 12.3 Å². The minimum absolute atomic E-state index is 0.572. The highest BCUT2D eigenvalue weighted by atomic mass is 14.8. The predicted molar refractivity (Wildman–Crippen MR) is 40.0 cm³/mol. The molecule has 50 valence electrons. The number of anilines is 1. The molecule has 0 bridgehead atoms. The van der Waals surface area contributed by atoms with Gasteiger partial charge in [0.15, 0.2) is 0 Å². The summed E-state index contributed by atoms with van der Waals surface area (Å²) in [6, 6.07) is 5.43. The molecule has 0 aromatic carbocycles. The maximum Gasteiger partial charge on any atom is 0.123 e. The molecule has 0 saturated heterocycles. The van der Waals surface area contributed by atoms with Crippen LogP contribution in [0.2, 0.25) is 0 Å². The van der Waals surface area contributed by atoms with Gasteiger partial charge in [0, 0.05) is 6.20 Å². The highest BCUT2D eigenvalue weighted by molar-refractivity contribution is 5.25. The van der Waals surface area contributed by atoms with Crippen molar-refractivity contribution < 1.29 is 0 Å². The van der Waals surface area contributed by atoms with Crippen LogP contribution in [-0.4, -0.2) is 4.98 Å². The molecule has 2 heteroatoms. The van der Waals surface area contributed by atoms with Gasteiger partial charge in [-0.15, -0.1) is 0 Å². The third-order valence-electron chi connectivity index (χ3n) is 0.688. The Hall–Kier alpha value is -1.05. The van der Waals surface area contributed by atoms with E-state index in [2.05, 4.69) is 4.98 Å². The Morgan fingerprint density at radius 3 is 2.22 bits per heavy atom. The second kappa shape index (κ2) is 5.09. The topological polar surface area (TPSA) is 38.9 Å². The van der Waals surface area contributed by atoms with Crippen LogP contribution in [0.1, 0.15) is 13.8 Å². The molecule has 1 aromatic heterocycles. The third-order valence-corrected chi connectivity index (χ3v) is 0.688.